The van der Waals surface area contributed by atoms with Crippen molar-refractivity contribution in [3.05, 3.63) is 12.5 Å². The maximum Gasteiger partial charge on any atom is 0.144 e. The molecule has 0 saturated carbocycles. The second kappa shape index (κ2) is 8.80. The lowest BCUT2D eigenvalue weighted by Gasteiger charge is -1.82. The molecule has 0 atom stereocenters. The third-order valence-electron chi connectivity index (χ3n) is 0.419. The van der Waals surface area contributed by atoms with Gasteiger partial charge >= 0.3 is 0 Å². The van der Waals surface area contributed by atoms with Crippen molar-refractivity contribution in [1.29, 1.82) is 0 Å². The van der Waals surface area contributed by atoms with E-state index in [1.807, 2.05) is 12.5 Å². The first kappa shape index (κ1) is 9.80. The van der Waals surface area contributed by atoms with E-state index in [0.29, 0.717) is 0 Å². The molecule has 4 nitrogen and oxygen atoms in total. The molecule has 0 aliphatic rings. The normalized spacial score (nSPS) is 8.20. The van der Waals surface area contributed by atoms with Gasteiger partial charge in [0.2, 0.25) is 0 Å². The van der Waals surface area contributed by atoms with Gasteiger partial charge in [-0.3, -0.25) is 0 Å². The Morgan fingerprint density at radius 3 is 2.20 bits per heavy atom. The summed E-state index contributed by atoms with van der Waals surface area (Å²) in [5, 5.41) is 6.40. The Morgan fingerprint density at radius 2 is 2.10 bits per heavy atom. The summed E-state index contributed by atoms with van der Waals surface area (Å²) in [6, 6.07) is 0. The summed E-state index contributed by atoms with van der Waals surface area (Å²) in [7, 11) is 0. The Hall–Kier alpha value is -0.200. The highest BCUT2D eigenvalue weighted by Gasteiger charge is 1.66. The molecule has 1 aromatic rings. The molecule has 1 aromatic heterocycles. The van der Waals surface area contributed by atoms with Gasteiger partial charge in [-0.2, -0.15) is 0 Å². The van der Waals surface area contributed by atoms with E-state index >= 15 is 0 Å². The summed E-state index contributed by atoms with van der Waals surface area (Å²) in [6.07, 6.45) is 6.65. The van der Waals surface area contributed by atoms with Crippen LogP contribution in [0.1, 0.15) is 0 Å². The number of nitrogens with zero attached hydrogens (tertiary/aromatic N) is 2. The molecule has 0 amide bonds. The van der Waals surface area contributed by atoms with Gasteiger partial charge < -0.3 is 4.52 Å². The molecule has 1 heterocycles. The molecule has 0 aliphatic carbocycles. The molecule has 58 valence electrons. The highest BCUT2D eigenvalue weighted by atomic mass is 32.2. The number of hydrogen-bond acceptors (Lipinski definition) is 6. The van der Waals surface area contributed by atoms with E-state index in [1.165, 1.54) is 36.5 Å². The molecule has 0 bridgehead atoms. The van der Waals surface area contributed by atoms with Gasteiger partial charge in [0.15, 0.2) is 0 Å². The molecule has 0 saturated heterocycles. The minimum absolute atomic E-state index is 1.36. The minimum Gasteiger partial charge on any atom is -0.346 e. The van der Waals surface area contributed by atoms with Crippen molar-refractivity contribution in [3.8, 4) is 0 Å². The lowest BCUT2D eigenvalue weighted by molar-refractivity contribution is 0.393. The van der Waals surface area contributed by atoms with Crippen LogP contribution in [-0.4, -0.2) is 22.9 Å². The van der Waals surface area contributed by atoms with Crippen molar-refractivity contribution in [2.45, 2.75) is 0 Å². The third kappa shape index (κ3) is 7.80. The van der Waals surface area contributed by atoms with Crippen LogP contribution in [0.25, 0.3) is 0 Å². The largest absolute Gasteiger partial charge is 0.346 e. The Kier molecular flexibility index (Phi) is 8.62. The fraction of sp³-hybridized carbons (Fsp3) is 0.500. The topological polar surface area (TPSA) is 48.2 Å². The summed E-state index contributed by atoms with van der Waals surface area (Å²) in [5.74, 6) is 0. The zero-order valence-corrected chi connectivity index (χ0v) is 7.32. The highest BCUT2D eigenvalue weighted by molar-refractivity contribution is 8.07. The van der Waals surface area contributed by atoms with Crippen molar-refractivity contribution in [3.63, 3.8) is 0 Å². The molecule has 0 spiro atoms. The van der Waals surface area contributed by atoms with E-state index in [0.717, 1.165) is 0 Å². The molecule has 0 N–H and O–H groups in total. The summed E-state index contributed by atoms with van der Waals surface area (Å²) < 4.78 is 8.89. The molecule has 1 rings (SSSR count). The molecule has 0 unspecified atom stereocenters. The minimum atomic E-state index is 1.36. The predicted octanol–water partition coefficient (Wildman–Crippen LogP) is 1.63. The van der Waals surface area contributed by atoms with Crippen LogP contribution in [0, 0.1) is 0 Å². The van der Waals surface area contributed by atoms with Crippen LogP contribution in [0.15, 0.2) is 17.0 Å². The molecule has 0 fully saturated rings. The zero-order chi connectivity index (χ0) is 7.66. The molecule has 0 aromatic carbocycles. The highest BCUT2D eigenvalue weighted by Crippen LogP contribution is 2.04. The van der Waals surface area contributed by atoms with Gasteiger partial charge in [-0.05, 0) is 0 Å². The van der Waals surface area contributed by atoms with Crippen LogP contribution in [0.3, 0.4) is 0 Å². The number of hydrogen-bond donors (Lipinski definition) is 0. The van der Waals surface area contributed by atoms with E-state index in [-0.39, 0.29) is 0 Å². The van der Waals surface area contributed by atoms with Gasteiger partial charge in [-0.1, -0.05) is 0 Å². The molecule has 6 heteroatoms. The van der Waals surface area contributed by atoms with Crippen molar-refractivity contribution in [2.75, 3.05) is 12.5 Å². The first-order chi connectivity index (χ1) is 4.91. The van der Waals surface area contributed by atoms with Crippen LogP contribution in [-0.2, 0) is 3.63 Å². The van der Waals surface area contributed by atoms with Crippen LogP contribution >= 0.6 is 24.1 Å². The smallest absolute Gasteiger partial charge is 0.144 e. The monoisotopic (exact) mass is 180 g/mol. The van der Waals surface area contributed by atoms with Gasteiger partial charge in [0.25, 0.3) is 0 Å². The van der Waals surface area contributed by atoms with Crippen LogP contribution in [0.5, 0.6) is 0 Å². The van der Waals surface area contributed by atoms with Crippen LogP contribution in [0.4, 0.5) is 0 Å². The Labute approximate surface area is 68.1 Å². The summed E-state index contributed by atoms with van der Waals surface area (Å²) in [6.45, 7) is 0. The second-order valence-corrected chi connectivity index (χ2v) is 2.20. The number of rotatable bonds is 2. The number of aromatic nitrogens is 2. The van der Waals surface area contributed by atoms with Gasteiger partial charge in [-0.25, -0.2) is 3.63 Å². The third-order valence-corrected chi connectivity index (χ3v) is 1.51. The van der Waals surface area contributed by atoms with E-state index in [2.05, 4.69) is 18.5 Å². The van der Waals surface area contributed by atoms with Crippen LogP contribution in [0.2, 0.25) is 0 Å². The van der Waals surface area contributed by atoms with E-state index in [4.69, 9.17) is 0 Å². The molecule has 10 heavy (non-hydrogen) atoms. The van der Waals surface area contributed by atoms with Crippen molar-refractivity contribution in [1.82, 2.24) is 10.4 Å². The molecule has 0 aliphatic heterocycles. The molecular weight excluding hydrogens is 172 g/mol. The van der Waals surface area contributed by atoms with Crippen molar-refractivity contribution < 1.29 is 8.15 Å². The maximum atomic E-state index is 4.67. The quantitative estimate of drug-likeness (QED) is 0.645. The Balaban J connectivity index is 0.000000162. The van der Waals surface area contributed by atoms with Gasteiger partial charge in [0.05, 0.1) is 6.20 Å². The lowest BCUT2D eigenvalue weighted by atomic mass is 11.0. The van der Waals surface area contributed by atoms with E-state index in [9.17, 15) is 0 Å². The average Bonchev–Trinajstić information content (AvgIpc) is 2.44. The van der Waals surface area contributed by atoms with Gasteiger partial charge in [0.1, 0.15) is 6.26 Å². The summed E-state index contributed by atoms with van der Waals surface area (Å²) in [5.41, 5.74) is 0. The average molecular weight is 180 g/mol. The Bertz CT molecular complexity index is 106. The van der Waals surface area contributed by atoms with Crippen molar-refractivity contribution in [2.24, 2.45) is 0 Å². The van der Waals surface area contributed by atoms with Gasteiger partial charge in [0, 0.05) is 41.9 Å². The molecule has 0 radical (unpaired) electrons. The molecular formula is C4H8N2O2S2. The fourth-order valence-electron chi connectivity index (χ4n) is 0.204. The van der Waals surface area contributed by atoms with Gasteiger partial charge in [-0.15, -0.1) is 5.10 Å². The SMILES string of the molecule is CSOSC.c1conn1. The summed E-state index contributed by atoms with van der Waals surface area (Å²) >= 11 is 2.73. The van der Waals surface area contributed by atoms with E-state index in [1.54, 1.807) is 0 Å². The maximum absolute atomic E-state index is 4.67. The standard InChI is InChI=1S/C2H2N2O.C2H6OS2/c1-2-5-4-3-1;1-4-3-5-2/h1-2H;1-2H3. The Morgan fingerprint density at radius 1 is 1.40 bits per heavy atom. The van der Waals surface area contributed by atoms with E-state index < -0.39 is 0 Å². The summed E-state index contributed by atoms with van der Waals surface area (Å²) in [4.78, 5) is 0. The predicted molar refractivity (Wildman–Crippen MR) is 42.4 cm³/mol. The first-order valence-electron chi connectivity index (χ1n) is 2.36. The zero-order valence-electron chi connectivity index (χ0n) is 5.68. The van der Waals surface area contributed by atoms with Crippen molar-refractivity contribution >= 4 is 24.1 Å². The fourth-order valence-corrected chi connectivity index (χ4v) is 0.748. The van der Waals surface area contributed by atoms with Crippen LogP contribution < -0.4 is 0 Å². The second-order valence-electron chi connectivity index (χ2n) is 0.989. The lowest BCUT2D eigenvalue weighted by Crippen LogP contribution is -1.53. The first-order valence-corrected chi connectivity index (χ1v) is 4.66.